The number of hydrogen-bond donors (Lipinski definition) is 3. The zero-order valence-electron chi connectivity index (χ0n) is 13.7. The number of rotatable bonds is 4. The van der Waals surface area contributed by atoms with Crippen LogP contribution in [0.2, 0.25) is 0 Å². The van der Waals surface area contributed by atoms with Gasteiger partial charge in [0.1, 0.15) is 11.9 Å². The fraction of sp³-hybridized carbons (Fsp3) is 0.529. The van der Waals surface area contributed by atoms with Gasteiger partial charge in [0.2, 0.25) is 0 Å². The van der Waals surface area contributed by atoms with Crippen LogP contribution >= 0.6 is 0 Å². The minimum Gasteiger partial charge on any atom is -0.488 e. The van der Waals surface area contributed by atoms with Gasteiger partial charge in [0.25, 0.3) is 0 Å². The van der Waals surface area contributed by atoms with Crippen LogP contribution in [-0.4, -0.2) is 49.2 Å². The standard InChI is InChI=1S/C17H24N4O3/c18-16(22)19-9-12-4-3-7-21(11-12)17(23)20-10-14-8-13-5-1-2-6-15(13)24-14/h1-2,5-6,12,14H,3-4,7-11H2,(H,20,23)(H3,18,19,22)/t12-,14+/m0/s1. The molecule has 2 aliphatic heterocycles. The molecule has 0 bridgehead atoms. The molecule has 4 amide bonds. The molecule has 1 fully saturated rings. The van der Waals surface area contributed by atoms with Crippen molar-refractivity contribution in [3.8, 4) is 5.75 Å². The Kier molecular flexibility index (Phi) is 5.08. The summed E-state index contributed by atoms with van der Waals surface area (Å²) >= 11 is 0. The van der Waals surface area contributed by atoms with E-state index in [2.05, 4.69) is 16.7 Å². The molecule has 2 heterocycles. The maximum absolute atomic E-state index is 12.4. The largest absolute Gasteiger partial charge is 0.488 e. The third kappa shape index (κ3) is 4.10. The Labute approximate surface area is 141 Å². The van der Waals surface area contributed by atoms with Crippen LogP contribution in [0.3, 0.4) is 0 Å². The molecule has 3 rings (SSSR count). The summed E-state index contributed by atoms with van der Waals surface area (Å²) in [6, 6.07) is 7.37. The van der Waals surface area contributed by atoms with Gasteiger partial charge in [-0.2, -0.15) is 0 Å². The summed E-state index contributed by atoms with van der Waals surface area (Å²) in [7, 11) is 0. The van der Waals surface area contributed by atoms with E-state index in [9.17, 15) is 9.59 Å². The minimum absolute atomic E-state index is 0.0107. The number of benzene rings is 1. The van der Waals surface area contributed by atoms with Crippen LogP contribution in [0.25, 0.3) is 0 Å². The Morgan fingerprint density at radius 1 is 1.25 bits per heavy atom. The maximum Gasteiger partial charge on any atom is 0.317 e. The third-order valence-corrected chi connectivity index (χ3v) is 4.57. The summed E-state index contributed by atoms with van der Waals surface area (Å²) in [5, 5.41) is 5.59. The molecule has 1 saturated heterocycles. The second-order valence-electron chi connectivity index (χ2n) is 6.44. The first-order chi connectivity index (χ1) is 11.6. The predicted octanol–water partition coefficient (Wildman–Crippen LogP) is 1.08. The SMILES string of the molecule is NC(=O)NC[C@@H]1CCCN(C(=O)NC[C@H]2Cc3ccccc3O2)C1. The molecular weight excluding hydrogens is 308 g/mol. The Hall–Kier alpha value is -2.44. The van der Waals surface area contributed by atoms with Crippen LogP contribution in [-0.2, 0) is 6.42 Å². The third-order valence-electron chi connectivity index (χ3n) is 4.57. The Morgan fingerprint density at radius 2 is 2.08 bits per heavy atom. The van der Waals surface area contributed by atoms with Crippen LogP contribution in [0.4, 0.5) is 9.59 Å². The van der Waals surface area contributed by atoms with E-state index in [4.69, 9.17) is 10.5 Å². The average Bonchev–Trinajstić information content (AvgIpc) is 3.01. The molecule has 0 radical (unpaired) electrons. The van der Waals surface area contributed by atoms with Crippen LogP contribution in [0.1, 0.15) is 18.4 Å². The highest BCUT2D eigenvalue weighted by Crippen LogP contribution is 2.27. The number of fused-ring (bicyclic) bond motifs is 1. The first-order valence-electron chi connectivity index (χ1n) is 8.42. The lowest BCUT2D eigenvalue weighted by atomic mass is 9.98. The Balaban J connectivity index is 1.43. The zero-order chi connectivity index (χ0) is 16.9. The van der Waals surface area contributed by atoms with Crippen LogP contribution in [0.15, 0.2) is 24.3 Å². The van der Waals surface area contributed by atoms with Crippen LogP contribution < -0.4 is 21.1 Å². The van der Waals surface area contributed by atoms with Crippen molar-refractivity contribution < 1.29 is 14.3 Å². The predicted molar refractivity (Wildman–Crippen MR) is 89.8 cm³/mol. The topological polar surface area (TPSA) is 96.7 Å². The van der Waals surface area contributed by atoms with E-state index in [0.29, 0.717) is 19.6 Å². The van der Waals surface area contributed by atoms with Crippen LogP contribution in [0.5, 0.6) is 5.75 Å². The molecule has 24 heavy (non-hydrogen) atoms. The number of hydrogen-bond acceptors (Lipinski definition) is 3. The monoisotopic (exact) mass is 332 g/mol. The van der Waals surface area contributed by atoms with Gasteiger partial charge in [0.15, 0.2) is 0 Å². The molecule has 7 heteroatoms. The number of carbonyl (C=O) groups is 2. The van der Waals surface area contributed by atoms with E-state index in [0.717, 1.165) is 31.6 Å². The molecule has 1 aromatic carbocycles. The fourth-order valence-corrected chi connectivity index (χ4v) is 3.34. The van der Waals surface area contributed by atoms with Gasteiger partial charge < -0.3 is 26.0 Å². The number of urea groups is 2. The van der Waals surface area contributed by atoms with Gasteiger partial charge in [-0.3, -0.25) is 0 Å². The van der Waals surface area contributed by atoms with Gasteiger partial charge in [0.05, 0.1) is 6.54 Å². The molecule has 130 valence electrons. The van der Waals surface area contributed by atoms with E-state index in [-0.39, 0.29) is 18.1 Å². The first kappa shape index (κ1) is 16.4. The molecule has 0 aromatic heterocycles. The number of nitrogens with zero attached hydrogens (tertiary/aromatic N) is 1. The van der Waals surface area contributed by atoms with Crippen molar-refractivity contribution in [2.24, 2.45) is 11.7 Å². The number of likely N-dealkylation sites (tertiary alicyclic amines) is 1. The van der Waals surface area contributed by atoms with E-state index in [1.54, 1.807) is 4.90 Å². The highest BCUT2D eigenvalue weighted by atomic mass is 16.5. The van der Waals surface area contributed by atoms with E-state index in [1.807, 2.05) is 18.2 Å². The lowest BCUT2D eigenvalue weighted by Crippen LogP contribution is -2.49. The number of para-hydroxylation sites is 1. The van der Waals surface area contributed by atoms with E-state index >= 15 is 0 Å². The van der Waals surface area contributed by atoms with Crippen molar-refractivity contribution in [3.63, 3.8) is 0 Å². The van der Waals surface area contributed by atoms with Gasteiger partial charge >= 0.3 is 12.1 Å². The molecule has 7 nitrogen and oxygen atoms in total. The molecule has 4 N–H and O–H groups in total. The summed E-state index contributed by atoms with van der Waals surface area (Å²) < 4.78 is 5.84. The number of amides is 4. The number of nitrogens with one attached hydrogen (secondary N) is 2. The van der Waals surface area contributed by atoms with Gasteiger partial charge in [-0.15, -0.1) is 0 Å². The lowest BCUT2D eigenvalue weighted by molar-refractivity contribution is 0.158. The Bertz CT molecular complexity index is 582. The quantitative estimate of drug-likeness (QED) is 0.770. The second-order valence-corrected chi connectivity index (χ2v) is 6.44. The van der Waals surface area contributed by atoms with Crippen molar-refractivity contribution in [2.45, 2.75) is 25.4 Å². The molecule has 2 atom stereocenters. The van der Waals surface area contributed by atoms with Gasteiger partial charge in [0, 0.05) is 26.1 Å². The summed E-state index contributed by atoms with van der Waals surface area (Å²) in [5.74, 6) is 1.16. The number of primary amides is 1. The highest BCUT2D eigenvalue weighted by Gasteiger charge is 2.26. The molecule has 0 aliphatic carbocycles. The summed E-state index contributed by atoms with van der Waals surface area (Å²) in [6.45, 7) is 2.39. The number of nitrogens with two attached hydrogens (primary N) is 1. The molecular formula is C17H24N4O3. The summed E-state index contributed by atoms with van der Waals surface area (Å²) in [4.78, 5) is 25.0. The maximum atomic E-state index is 12.4. The fourth-order valence-electron chi connectivity index (χ4n) is 3.34. The smallest absolute Gasteiger partial charge is 0.317 e. The van der Waals surface area contributed by atoms with Crippen molar-refractivity contribution in [2.75, 3.05) is 26.2 Å². The van der Waals surface area contributed by atoms with Crippen molar-refractivity contribution in [1.82, 2.24) is 15.5 Å². The van der Waals surface area contributed by atoms with E-state index < -0.39 is 6.03 Å². The normalized spacial score (nSPS) is 22.4. The van der Waals surface area contributed by atoms with Crippen molar-refractivity contribution in [1.29, 1.82) is 0 Å². The summed E-state index contributed by atoms with van der Waals surface area (Å²) in [5.41, 5.74) is 6.29. The van der Waals surface area contributed by atoms with Crippen molar-refractivity contribution in [3.05, 3.63) is 29.8 Å². The summed E-state index contributed by atoms with van der Waals surface area (Å²) in [6.07, 6.45) is 2.74. The number of piperidine rings is 1. The molecule has 0 spiro atoms. The van der Waals surface area contributed by atoms with E-state index in [1.165, 1.54) is 5.56 Å². The first-order valence-corrected chi connectivity index (χ1v) is 8.42. The van der Waals surface area contributed by atoms with Gasteiger partial charge in [-0.25, -0.2) is 9.59 Å². The number of carbonyl (C=O) groups excluding carboxylic acids is 2. The average molecular weight is 332 g/mol. The molecule has 0 saturated carbocycles. The molecule has 2 aliphatic rings. The van der Waals surface area contributed by atoms with Gasteiger partial charge in [-0.05, 0) is 30.4 Å². The van der Waals surface area contributed by atoms with Crippen LogP contribution in [0, 0.1) is 5.92 Å². The Morgan fingerprint density at radius 3 is 2.88 bits per heavy atom. The lowest BCUT2D eigenvalue weighted by Gasteiger charge is -2.33. The molecule has 0 unspecified atom stereocenters. The minimum atomic E-state index is -0.519. The number of ether oxygens (including phenoxy) is 1. The molecule has 1 aromatic rings. The zero-order valence-corrected chi connectivity index (χ0v) is 13.7. The highest BCUT2D eigenvalue weighted by molar-refractivity contribution is 5.74. The van der Waals surface area contributed by atoms with Crippen molar-refractivity contribution >= 4 is 12.1 Å². The second kappa shape index (κ2) is 7.42. The van der Waals surface area contributed by atoms with Gasteiger partial charge in [-0.1, -0.05) is 18.2 Å².